The van der Waals surface area contributed by atoms with Gasteiger partial charge in [-0.25, -0.2) is 8.42 Å². The molecule has 1 fully saturated rings. The number of carbonyl (C=O) groups is 1. The van der Waals surface area contributed by atoms with E-state index in [0.717, 1.165) is 19.3 Å². The summed E-state index contributed by atoms with van der Waals surface area (Å²) in [4.78, 5) is 13.0. The van der Waals surface area contributed by atoms with Crippen LogP contribution in [-0.4, -0.2) is 44.8 Å². The summed E-state index contributed by atoms with van der Waals surface area (Å²) in [5.41, 5.74) is 7.01. The number of rotatable bonds is 9. The van der Waals surface area contributed by atoms with Gasteiger partial charge < -0.3 is 16.4 Å². The first-order valence-corrected chi connectivity index (χ1v) is 11.2. The molecule has 152 valence electrons. The molecule has 1 amide bonds. The van der Waals surface area contributed by atoms with E-state index in [4.69, 9.17) is 5.73 Å². The molecule has 7 nitrogen and oxygen atoms in total. The third-order valence-electron chi connectivity index (χ3n) is 5.26. The van der Waals surface area contributed by atoms with Gasteiger partial charge in [-0.2, -0.15) is 4.31 Å². The van der Waals surface area contributed by atoms with E-state index in [2.05, 4.69) is 10.6 Å². The number of hydrogen-bond donors (Lipinski definition) is 3. The van der Waals surface area contributed by atoms with E-state index in [1.165, 1.54) is 4.31 Å². The van der Waals surface area contributed by atoms with Gasteiger partial charge in [0.25, 0.3) is 0 Å². The molecule has 1 aliphatic rings. The maximum absolute atomic E-state index is 12.8. The van der Waals surface area contributed by atoms with Crippen molar-refractivity contribution < 1.29 is 13.2 Å². The number of benzene rings is 1. The Bertz CT molecular complexity index is 747. The minimum atomic E-state index is -3.59. The van der Waals surface area contributed by atoms with Crippen LogP contribution in [0.4, 0.5) is 11.4 Å². The number of amides is 1. The van der Waals surface area contributed by atoms with Gasteiger partial charge in [0.1, 0.15) is 0 Å². The van der Waals surface area contributed by atoms with E-state index in [1.807, 2.05) is 20.8 Å². The van der Waals surface area contributed by atoms with Crippen LogP contribution in [0.5, 0.6) is 0 Å². The summed E-state index contributed by atoms with van der Waals surface area (Å²) < 4.78 is 27.1. The molecule has 1 aromatic carbocycles. The van der Waals surface area contributed by atoms with Crippen molar-refractivity contribution in [3.05, 3.63) is 18.2 Å². The van der Waals surface area contributed by atoms with E-state index in [9.17, 15) is 13.2 Å². The summed E-state index contributed by atoms with van der Waals surface area (Å²) in [7, 11) is -3.59. The van der Waals surface area contributed by atoms with Crippen molar-refractivity contribution in [2.24, 2.45) is 17.6 Å². The van der Waals surface area contributed by atoms with Crippen molar-refractivity contribution in [2.75, 3.05) is 36.8 Å². The van der Waals surface area contributed by atoms with Gasteiger partial charge in [0, 0.05) is 25.6 Å². The molecule has 1 saturated carbocycles. The standard InChI is InChI=1S/C19H32N4O3S/c1-4-21-17-11-10-15(27(25,26)23(5-2)6-3)12-18(17)22-19(24)16-9-7-8-14(16)13-20/h10-12,14,16,21H,4-9,13,20H2,1-3H3,(H,22,24)/t14-,16-/m1/s1. The van der Waals surface area contributed by atoms with E-state index in [-0.39, 0.29) is 22.6 Å². The fraction of sp³-hybridized carbons (Fsp3) is 0.632. The van der Waals surface area contributed by atoms with Crippen LogP contribution in [0, 0.1) is 11.8 Å². The van der Waals surface area contributed by atoms with Crippen molar-refractivity contribution >= 4 is 27.3 Å². The molecular weight excluding hydrogens is 364 g/mol. The molecule has 2 atom stereocenters. The maximum Gasteiger partial charge on any atom is 0.243 e. The molecule has 0 heterocycles. The molecule has 1 aromatic rings. The van der Waals surface area contributed by atoms with Gasteiger partial charge in [-0.1, -0.05) is 20.3 Å². The van der Waals surface area contributed by atoms with Crippen LogP contribution >= 0.6 is 0 Å². The molecule has 4 N–H and O–H groups in total. The molecule has 8 heteroatoms. The number of anilines is 2. The van der Waals surface area contributed by atoms with Crippen molar-refractivity contribution in [1.82, 2.24) is 4.31 Å². The highest BCUT2D eigenvalue weighted by atomic mass is 32.2. The van der Waals surface area contributed by atoms with Crippen LogP contribution in [0.2, 0.25) is 0 Å². The number of nitrogens with two attached hydrogens (primary N) is 1. The average Bonchev–Trinajstić information content (AvgIpc) is 3.13. The lowest BCUT2D eigenvalue weighted by Crippen LogP contribution is -2.31. The number of nitrogens with one attached hydrogen (secondary N) is 2. The van der Waals surface area contributed by atoms with Gasteiger partial charge in [-0.15, -0.1) is 0 Å². The zero-order chi connectivity index (χ0) is 20.0. The summed E-state index contributed by atoms with van der Waals surface area (Å²) in [6, 6.07) is 4.85. The number of nitrogens with zero attached hydrogens (tertiary/aromatic N) is 1. The molecule has 27 heavy (non-hydrogen) atoms. The smallest absolute Gasteiger partial charge is 0.243 e. The highest BCUT2D eigenvalue weighted by molar-refractivity contribution is 7.89. The molecule has 0 saturated heterocycles. The Morgan fingerprint density at radius 1 is 1.19 bits per heavy atom. The summed E-state index contributed by atoms with van der Waals surface area (Å²) >= 11 is 0. The number of hydrogen-bond acceptors (Lipinski definition) is 5. The van der Waals surface area contributed by atoms with Crippen LogP contribution in [0.1, 0.15) is 40.0 Å². The van der Waals surface area contributed by atoms with Crippen LogP contribution in [-0.2, 0) is 14.8 Å². The molecule has 0 aromatic heterocycles. The fourth-order valence-electron chi connectivity index (χ4n) is 3.73. The van der Waals surface area contributed by atoms with E-state index in [0.29, 0.717) is 37.6 Å². The first-order valence-electron chi connectivity index (χ1n) is 9.77. The first kappa shape index (κ1) is 21.7. The zero-order valence-corrected chi connectivity index (χ0v) is 17.3. The third kappa shape index (κ3) is 4.80. The van der Waals surface area contributed by atoms with Crippen LogP contribution in [0.15, 0.2) is 23.1 Å². The predicted molar refractivity (Wildman–Crippen MR) is 109 cm³/mol. The Morgan fingerprint density at radius 2 is 1.89 bits per heavy atom. The number of sulfonamides is 1. The Balaban J connectivity index is 2.34. The quantitative estimate of drug-likeness (QED) is 0.595. The van der Waals surface area contributed by atoms with Crippen LogP contribution in [0.3, 0.4) is 0 Å². The number of carbonyl (C=O) groups excluding carboxylic acids is 1. The molecular formula is C19H32N4O3S. The van der Waals surface area contributed by atoms with E-state index < -0.39 is 10.0 Å². The minimum Gasteiger partial charge on any atom is -0.384 e. The van der Waals surface area contributed by atoms with Gasteiger partial charge in [-0.05, 0) is 50.4 Å². The van der Waals surface area contributed by atoms with E-state index in [1.54, 1.807) is 18.2 Å². The highest BCUT2D eigenvalue weighted by Crippen LogP contribution is 2.33. The second-order valence-corrected chi connectivity index (χ2v) is 8.79. The lowest BCUT2D eigenvalue weighted by molar-refractivity contribution is -0.120. The monoisotopic (exact) mass is 396 g/mol. The normalized spacial score (nSPS) is 20.0. The second kappa shape index (κ2) is 9.52. The zero-order valence-electron chi connectivity index (χ0n) is 16.5. The molecule has 1 aliphatic carbocycles. The predicted octanol–water partition coefficient (Wildman–Crippen LogP) is 2.46. The highest BCUT2D eigenvalue weighted by Gasteiger charge is 2.32. The Morgan fingerprint density at radius 3 is 2.48 bits per heavy atom. The lowest BCUT2D eigenvalue weighted by Gasteiger charge is -2.22. The van der Waals surface area contributed by atoms with Crippen molar-refractivity contribution in [3.8, 4) is 0 Å². The Hall–Kier alpha value is -1.64. The maximum atomic E-state index is 12.8. The molecule has 2 rings (SSSR count). The fourth-order valence-corrected chi connectivity index (χ4v) is 5.22. The molecule has 0 unspecified atom stereocenters. The van der Waals surface area contributed by atoms with Crippen LogP contribution < -0.4 is 16.4 Å². The van der Waals surface area contributed by atoms with Gasteiger partial charge in [0.05, 0.1) is 16.3 Å². The lowest BCUT2D eigenvalue weighted by atomic mass is 9.95. The van der Waals surface area contributed by atoms with Gasteiger partial charge in [-0.3, -0.25) is 4.79 Å². The SMILES string of the molecule is CCNc1ccc(S(=O)(=O)N(CC)CC)cc1NC(=O)[C@@H]1CCC[C@@H]1CN. The minimum absolute atomic E-state index is 0.0838. The van der Waals surface area contributed by atoms with Crippen LogP contribution in [0.25, 0.3) is 0 Å². The third-order valence-corrected chi connectivity index (χ3v) is 7.30. The van der Waals surface area contributed by atoms with Crippen molar-refractivity contribution in [2.45, 2.75) is 44.9 Å². The van der Waals surface area contributed by atoms with Gasteiger partial charge in [0.15, 0.2) is 0 Å². The summed E-state index contributed by atoms with van der Waals surface area (Å²) in [5.74, 6) is -0.0119. The van der Waals surface area contributed by atoms with Gasteiger partial charge >= 0.3 is 0 Å². The second-order valence-electron chi connectivity index (χ2n) is 6.85. The Kier molecular flexibility index (Phi) is 7.64. The molecule has 0 radical (unpaired) electrons. The van der Waals surface area contributed by atoms with E-state index >= 15 is 0 Å². The topological polar surface area (TPSA) is 105 Å². The Labute approximate surface area is 162 Å². The average molecular weight is 397 g/mol. The van der Waals surface area contributed by atoms with Crippen molar-refractivity contribution in [3.63, 3.8) is 0 Å². The molecule has 0 aliphatic heterocycles. The summed E-state index contributed by atoms with van der Waals surface area (Å²) in [5, 5.41) is 6.13. The summed E-state index contributed by atoms with van der Waals surface area (Å²) in [6.07, 6.45) is 2.78. The largest absolute Gasteiger partial charge is 0.384 e. The van der Waals surface area contributed by atoms with Crippen molar-refractivity contribution in [1.29, 1.82) is 0 Å². The molecule has 0 spiro atoms. The first-order chi connectivity index (χ1) is 12.9. The molecule has 0 bridgehead atoms. The summed E-state index contributed by atoms with van der Waals surface area (Å²) in [6.45, 7) is 7.53. The van der Waals surface area contributed by atoms with Gasteiger partial charge in [0.2, 0.25) is 15.9 Å².